The minimum Gasteiger partial charge on any atom is -0.497 e. The van der Waals surface area contributed by atoms with Gasteiger partial charge in [-0.3, -0.25) is 4.79 Å². The highest BCUT2D eigenvalue weighted by atomic mass is 16.5. The zero-order valence-electron chi connectivity index (χ0n) is 18.0. The molecular formula is C24H27NO5. The van der Waals surface area contributed by atoms with Gasteiger partial charge in [-0.25, -0.2) is 0 Å². The maximum atomic E-state index is 12.8. The summed E-state index contributed by atoms with van der Waals surface area (Å²) in [5, 5.41) is 2.21. The Morgan fingerprint density at radius 1 is 0.767 bits per heavy atom. The summed E-state index contributed by atoms with van der Waals surface area (Å²) in [5.41, 5.74) is 1.86. The fourth-order valence-electron chi connectivity index (χ4n) is 3.41. The van der Waals surface area contributed by atoms with E-state index in [1.807, 2.05) is 30.3 Å². The van der Waals surface area contributed by atoms with Crippen LogP contribution in [0.25, 0.3) is 10.8 Å². The molecule has 0 saturated carbocycles. The number of hydrogen-bond donors (Lipinski definition) is 0. The van der Waals surface area contributed by atoms with Crippen molar-refractivity contribution in [3.8, 4) is 23.0 Å². The highest BCUT2D eigenvalue weighted by molar-refractivity contribution is 5.85. The third-order valence-corrected chi connectivity index (χ3v) is 5.04. The standard InChI is InChI=1S/C24H27NO5/c1-25(15-16-6-7-19-14-20(27-2)9-8-18(19)10-16)23(26)13-17-11-21(28-3)24(30-5)22(12-17)29-4/h6-12,14H,13,15H2,1-5H3. The molecule has 0 N–H and O–H groups in total. The molecule has 6 heteroatoms. The third-order valence-electron chi connectivity index (χ3n) is 5.04. The number of rotatable bonds is 8. The van der Waals surface area contributed by atoms with Crippen LogP contribution >= 0.6 is 0 Å². The smallest absolute Gasteiger partial charge is 0.227 e. The Kier molecular flexibility index (Phi) is 6.67. The summed E-state index contributed by atoms with van der Waals surface area (Å²) in [4.78, 5) is 14.5. The molecule has 1 amide bonds. The van der Waals surface area contributed by atoms with Crippen molar-refractivity contribution in [2.24, 2.45) is 0 Å². The number of carbonyl (C=O) groups is 1. The number of hydrogen-bond acceptors (Lipinski definition) is 5. The summed E-state index contributed by atoms with van der Waals surface area (Å²) in [6.45, 7) is 0.519. The van der Waals surface area contributed by atoms with Gasteiger partial charge in [0.15, 0.2) is 11.5 Å². The Balaban J connectivity index is 1.74. The number of methoxy groups -OCH3 is 4. The van der Waals surface area contributed by atoms with Crippen molar-refractivity contribution in [1.82, 2.24) is 4.90 Å². The van der Waals surface area contributed by atoms with E-state index in [2.05, 4.69) is 6.07 Å². The first-order valence-corrected chi connectivity index (χ1v) is 9.58. The topological polar surface area (TPSA) is 57.2 Å². The van der Waals surface area contributed by atoms with Crippen LogP contribution in [0.3, 0.4) is 0 Å². The average molecular weight is 409 g/mol. The minimum atomic E-state index is -0.000833. The molecule has 0 atom stereocenters. The fourth-order valence-corrected chi connectivity index (χ4v) is 3.41. The molecule has 0 aromatic heterocycles. The van der Waals surface area contributed by atoms with E-state index in [9.17, 15) is 4.79 Å². The van der Waals surface area contributed by atoms with Crippen LogP contribution in [0.15, 0.2) is 48.5 Å². The highest BCUT2D eigenvalue weighted by Crippen LogP contribution is 2.38. The Bertz CT molecular complexity index is 1020. The highest BCUT2D eigenvalue weighted by Gasteiger charge is 2.17. The molecule has 0 saturated heterocycles. The monoisotopic (exact) mass is 409 g/mol. The Morgan fingerprint density at radius 3 is 2.00 bits per heavy atom. The molecule has 30 heavy (non-hydrogen) atoms. The molecule has 3 aromatic rings. The second-order valence-corrected chi connectivity index (χ2v) is 7.01. The van der Waals surface area contributed by atoms with E-state index in [1.54, 1.807) is 52.5 Å². The van der Waals surface area contributed by atoms with Crippen molar-refractivity contribution in [2.75, 3.05) is 35.5 Å². The van der Waals surface area contributed by atoms with Crippen LogP contribution in [0.5, 0.6) is 23.0 Å². The summed E-state index contributed by atoms with van der Waals surface area (Å²) in [6, 6.07) is 15.7. The number of amides is 1. The molecule has 0 heterocycles. The molecule has 3 aromatic carbocycles. The second-order valence-electron chi connectivity index (χ2n) is 7.01. The zero-order chi connectivity index (χ0) is 21.7. The largest absolute Gasteiger partial charge is 0.497 e. The SMILES string of the molecule is COc1ccc2cc(CN(C)C(=O)Cc3cc(OC)c(OC)c(OC)c3)ccc2c1. The van der Waals surface area contributed by atoms with Crippen LogP contribution in [0, 0.1) is 0 Å². The molecule has 0 fully saturated rings. The maximum absolute atomic E-state index is 12.8. The number of carbonyl (C=O) groups excluding carboxylic acids is 1. The van der Waals surface area contributed by atoms with Gasteiger partial charge in [0.1, 0.15) is 5.75 Å². The first-order valence-electron chi connectivity index (χ1n) is 9.58. The summed E-state index contributed by atoms with van der Waals surface area (Å²) < 4.78 is 21.4. The maximum Gasteiger partial charge on any atom is 0.227 e. The van der Waals surface area contributed by atoms with Gasteiger partial charge in [-0.2, -0.15) is 0 Å². The minimum absolute atomic E-state index is 0.000833. The van der Waals surface area contributed by atoms with E-state index in [0.717, 1.165) is 27.6 Å². The van der Waals surface area contributed by atoms with Crippen molar-refractivity contribution >= 4 is 16.7 Å². The first kappa shape index (κ1) is 21.3. The number of ether oxygens (including phenoxy) is 4. The van der Waals surface area contributed by atoms with E-state index in [4.69, 9.17) is 18.9 Å². The molecule has 0 bridgehead atoms. The lowest BCUT2D eigenvalue weighted by Gasteiger charge is -2.19. The lowest BCUT2D eigenvalue weighted by Crippen LogP contribution is -2.27. The lowest BCUT2D eigenvalue weighted by atomic mass is 10.1. The van der Waals surface area contributed by atoms with Gasteiger partial charge >= 0.3 is 0 Å². The van der Waals surface area contributed by atoms with Crippen LogP contribution in [-0.2, 0) is 17.8 Å². The Hall–Kier alpha value is -3.41. The number of benzene rings is 3. The van der Waals surface area contributed by atoms with Crippen molar-refractivity contribution < 1.29 is 23.7 Å². The summed E-state index contributed by atoms with van der Waals surface area (Å²) in [7, 11) is 8.13. The van der Waals surface area contributed by atoms with Gasteiger partial charge in [-0.05, 0) is 52.2 Å². The molecule has 0 aliphatic carbocycles. The zero-order valence-corrected chi connectivity index (χ0v) is 18.0. The molecule has 158 valence electrons. The normalized spacial score (nSPS) is 10.6. The molecule has 0 spiro atoms. The fraction of sp³-hybridized carbons (Fsp3) is 0.292. The predicted octanol–water partition coefficient (Wildman–Crippen LogP) is 4.08. The molecule has 0 unspecified atom stereocenters. The van der Waals surface area contributed by atoms with Gasteiger partial charge < -0.3 is 23.8 Å². The number of fused-ring (bicyclic) bond motifs is 1. The quantitative estimate of drug-likeness (QED) is 0.561. The molecule has 0 radical (unpaired) electrons. The lowest BCUT2D eigenvalue weighted by molar-refractivity contribution is -0.129. The van der Waals surface area contributed by atoms with Gasteiger partial charge in [0.25, 0.3) is 0 Å². The summed E-state index contributed by atoms with van der Waals surface area (Å²) >= 11 is 0. The van der Waals surface area contributed by atoms with Crippen molar-refractivity contribution in [3.63, 3.8) is 0 Å². The number of nitrogens with zero attached hydrogens (tertiary/aromatic N) is 1. The van der Waals surface area contributed by atoms with Gasteiger partial charge in [0, 0.05) is 13.6 Å². The van der Waals surface area contributed by atoms with E-state index >= 15 is 0 Å². The summed E-state index contributed by atoms with van der Waals surface area (Å²) in [6.07, 6.45) is 0.234. The van der Waals surface area contributed by atoms with Crippen LogP contribution in [0.2, 0.25) is 0 Å². The van der Waals surface area contributed by atoms with Gasteiger partial charge in [0.05, 0.1) is 34.9 Å². The second kappa shape index (κ2) is 9.39. The Labute approximate surface area is 176 Å². The molecule has 3 rings (SSSR count). The molecule has 0 aliphatic heterocycles. The van der Waals surface area contributed by atoms with E-state index in [-0.39, 0.29) is 12.3 Å². The predicted molar refractivity (Wildman–Crippen MR) is 117 cm³/mol. The van der Waals surface area contributed by atoms with E-state index in [0.29, 0.717) is 23.8 Å². The van der Waals surface area contributed by atoms with Crippen LogP contribution < -0.4 is 18.9 Å². The van der Waals surface area contributed by atoms with Crippen molar-refractivity contribution in [1.29, 1.82) is 0 Å². The van der Waals surface area contributed by atoms with Gasteiger partial charge in [0.2, 0.25) is 11.7 Å². The molecule has 0 aliphatic rings. The van der Waals surface area contributed by atoms with Gasteiger partial charge in [-0.1, -0.05) is 18.2 Å². The van der Waals surface area contributed by atoms with Gasteiger partial charge in [-0.15, -0.1) is 0 Å². The van der Waals surface area contributed by atoms with Crippen LogP contribution in [-0.4, -0.2) is 46.3 Å². The summed E-state index contributed by atoms with van der Waals surface area (Å²) in [5.74, 6) is 2.41. The van der Waals surface area contributed by atoms with Crippen molar-refractivity contribution in [2.45, 2.75) is 13.0 Å². The molecule has 6 nitrogen and oxygen atoms in total. The van der Waals surface area contributed by atoms with E-state index < -0.39 is 0 Å². The van der Waals surface area contributed by atoms with Crippen LogP contribution in [0.1, 0.15) is 11.1 Å². The first-order chi connectivity index (χ1) is 14.5. The third kappa shape index (κ3) is 4.59. The average Bonchev–Trinajstić information content (AvgIpc) is 2.77. The van der Waals surface area contributed by atoms with E-state index in [1.165, 1.54) is 0 Å². The Morgan fingerprint density at radius 2 is 1.40 bits per heavy atom. The molecular weight excluding hydrogens is 382 g/mol. The van der Waals surface area contributed by atoms with Crippen molar-refractivity contribution in [3.05, 3.63) is 59.7 Å². The van der Waals surface area contributed by atoms with Crippen LogP contribution in [0.4, 0.5) is 0 Å². The number of likely N-dealkylation sites (N-methyl/N-ethyl adjacent to an activating group) is 1.